The summed E-state index contributed by atoms with van der Waals surface area (Å²) in [5.41, 5.74) is 1.12. The smallest absolute Gasteiger partial charge is 0.223 e. The van der Waals surface area contributed by atoms with Crippen molar-refractivity contribution >= 4 is 17.7 Å². The summed E-state index contributed by atoms with van der Waals surface area (Å²) in [5, 5.41) is 4.02. The molecular formula is C18H20N2O2S. The number of pyridine rings is 1. The molecule has 0 radical (unpaired) electrons. The van der Waals surface area contributed by atoms with Gasteiger partial charge in [0.1, 0.15) is 5.75 Å². The first-order chi connectivity index (χ1) is 11.3. The Labute approximate surface area is 140 Å². The average molecular weight is 328 g/mol. The summed E-state index contributed by atoms with van der Waals surface area (Å²) < 4.78 is 5.72. The highest BCUT2D eigenvalue weighted by Gasteiger charge is 2.23. The molecule has 1 amide bonds. The van der Waals surface area contributed by atoms with Gasteiger partial charge in [0.15, 0.2) is 0 Å². The number of para-hydroxylation sites is 1. The number of aromatic nitrogens is 1. The summed E-state index contributed by atoms with van der Waals surface area (Å²) in [7, 11) is 0. The Morgan fingerprint density at radius 1 is 1.26 bits per heavy atom. The zero-order valence-corrected chi connectivity index (χ0v) is 13.7. The number of rotatable bonds is 5. The number of amides is 1. The molecule has 0 saturated heterocycles. The van der Waals surface area contributed by atoms with E-state index in [-0.39, 0.29) is 11.8 Å². The molecule has 1 aliphatic heterocycles. The predicted molar refractivity (Wildman–Crippen MR) is 91.7 cm³/mol. The number of carbonyl (C=O) groups excluding carboxylic acids is 1. The van der Waals surface area contributed by atoms with Crippen LogP contribution in [0.3, 0.4) is 0 Å². The molecule has 0 aliphatic carbocycles. The van der Waals surface area contributed by atoms with E-state index >= 15 is 0 Å². The molecule has 1 atom stereocenters. The zero-order chi connectivity index (χ0) is 15.9. The summed E-state index contributed by atoms with van der Waals surface area (Å²) in [5.74, 6) is 1.83. The molecule has 120 valence electrons. The normalized spacial score (nSPS) is 16.8. The van der Waals surface area contributed by atoms with Gasteiger partial charge in [-0.3, -0.25) is 4.79 Å². The first-order valence-electron chi connectivity index (χ1n) is 7.85. The molecule has 0 bridgehead atoms. The number of hydrogen-bond donors (Lipinski definition) is 1. The number of nitrogens with zero attached hydrogens (tertiary/aromatic N) is 1. The summed E-state index contributed by atoms with van der Waals surface area (Å²) in [6.07, 6.45) is 3.28. The van der Waals surface area contributed by atoms with Crippen LogP contribution in [0.5, 0.6) is 5.75 Å². The van der Waals surface area contributed by atoms with E-state index in [0.717, 1.165) is 34.9 Å². The number of fused-ring (bicyclic) bond motifs is 1. The first-order valence-corrected chi connectivity index (χ1v) is 8.84. The van der Waals surface area contributed by atoms with Gasteiger partial charge >= 0.3 is 0 Å². The summed E-state index contributed by atoms with van der Waals surface area (Å²) in [6, 6.07) is 13.8. The second-order valence-corrected chi connectivity index (χ2v) is 6.57. The fourth-order valence-electron chi connectivity index (χ4n) is 2.62. The average Bonchev–Trinajstić information content (AvgIpc) is 2.82. The van der Waals surface area contributed by atoms with E-state index in [1.165, 1.54) is 0 Å². The Balaban J connectivity index is 1.47. The van der Waals surface area contributed by atoms with E-state index in [4.69, 9.17) is 4.74 Å². The van der Waals surface area contributed by atoms with Crippen LogP contribution in [-0.2, 0) is 11.2 Å². The number of ether oxygens (including phenoxy) is 1. The molecule has 1 aromatic heterocycles. The number of hydrogen-bond acceptors (Lipinski definition) is 4. The molecule has 0 saturated carbocycles. The largest absolute Gasteiger partial charge is 0.493 e. The van der Waals surface area contributed by atoms with E-state index < -0.39 is 0 Å². The van der Waals surface area contributed by atoms with Gasteiger partial charge in [-0.1, -0.05) is 24.3 Å². The highest BCUT2D eigenvalue weighted by Crippen LogP contribution is 2.26. The van der Waals surface area contributed by atoms with Crippen molar-refractivity contribution in [2.45, 2.75) is 17.9 Å². The second-order valence-electron chi connectivity index (χ2n) is 5.45. The fourth-order valence-corrected chi connectivity index (χ4v) is 3.35. The molecule has 2 aromatic rings. The third-order valence-electron chi connectivity index (χ3n) is 3.82. The van der Waals surface area contributed by atoms with Crippen molar-refractivity contribution in [2.75, 3.05) is 18.9 Å². The molecule has 0 spiro atoms. The van der Waals surface area contributed by atoms with Crippen molar-refractivity contribution in [3.63, 3.8) is 0 Å². The van der Waals surface area contributed by atoms with Crippen LogP contribution in [-0.4, -0.2) is 29.8 Å². The van der Waals surface area contributed by atoms with Crippen LogP contribution >= 0.6 is 11.8 Å². The number of nitrogens with one attached hydrogen (secondary N) is 1. The number of thioether (sulfide) groups is 1. The monoisotopic (exact) mass is 328 g/mol. The molecule has 4 nitrogen and oxygen atoms in total. The van der Waals surface area contributed by atoms with Crippen LogP contribution in [0, 0.1) is 5.92 Å². The van der Waals surface area contributed by atoms with Gasteiger partial charge in [-0.2, -0.15) is 0 Å². The second kappa shape index (κ2) is 8.02. The molecule has 5 heteroatoms. The highest BCUT2D eigenvalue weighted by atomic mass is 32.2. The van der Waals surface area contributed by atoms with Crippen LogP contribution < -0.4 is 10.1 Å². The van der Waals surface area contributed by atoms with Gasteiger partial charge in [-0.25, -0.2) is 4.98 Å². The lowest BCUT2D eigenvalue weighted by atomic mass is 9.96. The van der Waals surface area contributed by atoms with Gasteiger partial charge in [0.2, 0.25) is 5.91 Å². The molecule has 23 heavy (non-hydrogen) atoms. The maximum Gasteiger partial charge on any atom is 0.223 e. The van der Waals surface area contributed by atoms with Gasteiger partial charge in [0, 0.05) is 24.4 Å². The van der Waals surface area contributed by atoms with Gasteiger partial charge in [-0.15, -0.1) is 11.8 Å². The third kappa shape index (κ3) is 4.48. The Morgan fingerprint density at radius 3 is 3.00 bits per heavy atom. The van der Waals surface area contributed by atoms with E-state index in [9.17, 15) is 4.79 Å². The fraction of sp³-hybridized carbons (Fsp3) is 0.333. The van der Waals surface area contributed by atoms with Crippen LogP contribution in [0.1, 0.15) is 12.0 Å². The molecule has 0 unspecified atom stereocenters. The van der Waals surface area contributed by atoms with Crippen LogP contribution in [0.25, 0.3) is 0 Å². The molecule has 0 fully saturated rings. The highest BCUT2D eigenvalue weighted by molar-refractivity contribution is 7.99. The summed E-state index contributed by atoms with van der Waals surface area (Å²) in [6.45, 7) is 1.25. The molecular weight excluding hydrogens is 308 g/mol. The minimum Gasteiger partial charge on any atom is -0.493 e. The van der Waals surface area contributed by atoms with Crippen molar-refractivity contribution in [3.05, 3.63) is 54.2 Å². The predicted octanol–water partition coefficient (Wildman–Crippen LogP) is 2.93. The van der Waals surface area contributed by atoms with Crippen molar-refractivity contribution in [1.82, 2.24) is 10.3 Å². The van der Waals surface area contributed by atoms with Gasteiger partial charge in [0.05, 0.1) is 11.6 Å². The Morgan fingerprint density at radius 2 is 2.13 bits per heavy atom. The Hall–Kier alpha value is -2.01. The first kappa shape index (κ1) is 15.9. The standard InChI is InChI=1S/C18H20N2O2S/c21-18(20-10-12-23-17-7-3-4-9-19-17)15-8-11-22-16-6-2-1-5-14(16)13-15/h1-7,9,15H,8,10-13H2,(H,20,21)/t15-/m0/s1. The van der Waals surface area contributed by atoms with Crippen LogP contribution in [0.4, 0.5) is 0 Å². The Kier molecular flexibility index (Phi) is 5.53. The van der Waals surface area contributed by atoms with Gasteiger partial charge in [-0.05, 0) is 36.6 Å². The lowest BCUT2D eigenvalue weighted by Gasteiger charge is -2.13. The topological polar surface area (TPSA) is 51.2 Å². The maximum atomic E-state index is 12.4. The van der Waals surface area contributed by atoms with Crippen LogP contribution in [0.15, 0.2) is 53.7 Å². The van der Waals surface area contributed by atoms with Crippen molar-refractivity contribution in [2.24, 2.45) is 5.92 Å². The summed E-state index contributed by atoms with van der Waals surface area (Å²) >= 11 is 1.65. The molecule has 3 rings (SSSR count). The number of carbonyl (C=O) groups is 1. The molecule has 1 aliphatic rings. The third-order valence-corrected chi connectivity index (χ3v) is 4.77. The van der Waals surface area contributed by atoms with Gasteiger partial charge < -0.3 is 10.1 Å². The van der Waals surface area contributed by atoms with E-state index in [2.05, 4.69) is 10.3 Å². The molecule has 2 heterocycles. The van der Waals surface area contributed by atoms with Gasteiger partial charge in [0.25, 0.3) is 0 Å². The quantitative estimate of drug-likeness (QED) is 0.677. The molecule has 1 N–H and O–H groups in total. The summed E-state index contributed by atoms with van der Waals surface area (Å²) in [4.78, 5) is 16.6. The minimum absolute atomic E-state index is 0.0153. The van der Waals surface area contributed by atoms with Crippen molar-refractivity contribution in [3.8, 4) is 5.75 Å². The van der Waals surface area contributed by atoms with Crippen LogP contribution in [0.2, 0.25) is 0 Å². The minimum atomic E-state index is -0.0153. The van der Waals surface area contributed by atoms with E-state index in [1.54, 1.807) is 18.0 Å². The zero-order valence-electron chi connectivity index (χ0n) is 12.9. The lowest BCUT2D eigenvalue weighted by Crippen LogP contribution is -2.33. The molecule has 1 aromatic carbocycles. The Bertz CT molecular complexity index is 648. The van der Waals surface area contributed by atoms with E-state index in [0.29, 0.717) is 13.2 Å². The van der Waals surface area contributed by atoms with Crippen molar-refractivity contribution < 1.29 is 9.53 Å². The maximum absolute atomic E-state index is 12.4. The SMILES string of the molecule is O=C(NCCSc1ccccn1)[C@H]1CCOc2ccccc2C1. The number of benzene rings is 1. The lowest BCUT2D eigenvalue weighted by molar-refractivity contribution is -0.125. The van der Waals surface area contributed by atoms with Crippen molar-refractivity contribution in [1.29, 1.82) is 0 Å². The van der Waals surface area contributed by atoms with E-state index in [1.807, 2.05) is 42.5 Å².